The summed E-state index contributed by atoms with van der Waals surface area (Å²) in [5.41, 5.74) is -0.243. The zero-order chi connectivity index (χ0) is 12.6. The first-order valence-electron chi connectivity index (χ1n) is 5.58. The van der Waals surface area contributed by atoms with E-state index < -0.39 is 0 Å². The molecule has 0 aromatic carbocycles. The number of carbonyl (C=O) groups is 1. The molecule has 3 N–H and O–H groups in total. The Hall–Kier alpha value is -0.650. The van der Waals surface area contributed by atoms with Gasteiger partial charge in [0, 0.05) is 25.8 Å². The van der Waals surface area contributed by atoms with Crippen LogP contribution in [0.1, 0.15) is 27.2 Å². The number of amides is 1. The summed E-state index contributed by atoms with van der Waals surface area (Å²) >= 11 is 0. The third kappa shape index (κ3) is 6.76. The molecule has 0 fully saturated rings. The highest BCUT2D eigenvalue weighted by molar-refractivity contribution is 5.81. The van der Waals surface area contributed by atoms with Gasteiger partial charge < -0.3 is 20.5 Å². The average Bonchev–Trinajstić information content (AvgIpc) is 2.16. The van der Waals surface area contributed by atoms with Crippen molar-refractivity contribution < 1.29 is 14.6 Å². The first-order chi connectivity index (χ1) is 7.43. The molecule has 1 unspecified atom stereocenters. The molecule has 0 rings (SSSR count). The number of aliphatic hydroxyl groups is 1. The van der Waals surface area contributed by atoms with Crippen LogP contribution in [0.4, 0.5) is 0 Å². The van der Waals surface area contributed by atoms with E-state index in [1.54, 1.807) is 14.0 Å². The molecule has 0 heterocycles. The Kier molecular flexibility index (Phi) is 7.29. The smallest absolute Gasteiger partial charge is 0.236 e. The van der Waals surface area contributed by atoms with Gasteiger partial charge in [0.1, 0.15) is 0 Å². The second-order valence-corrected chi connectivity index (χ2v) is 4.51. The predicted octanol–water partition coefficient (Wildman–Crippen LogP) is -0.112. The maximum atomic E-state index is 11.6. The number of methoxy groups -OCH3 is 1. The molecule has 0 radical (unpaired) electrons. The van der Waals surface area contributed by atoms with Crippen molar-refractivity contribution in [1.82, 2.24) is 10.6 Å². The summed E-state index contributed by atoms with van der Waals surface area (Å²) in [5.74, 6) is -0.0527. The topological polar surface area (TPSA) is 70.6 Å². The van der Waals surface area contributed by atoms with Crippen molar-refractivity contribution in [2.75, 3.05) is 26.9 Å². The maximum Gasteiger partial charge on any atom is 0.236 e. The van der Waals surface area contributed by atoms with E-state index in [2.05, 4.69) is 10.6 Å². The van der Waals surface area contributed by atoms with Crippen molar-refractivity contribution >= 4 is 5.91 Å². The van der Waals surface area contributed by atoms with Gasteiger partial charge in [0.25, 0.3) is 0 Å². The first-order valence-corrected chi connectivity index (χ1v) is 5.58. The molecule has 0 spiro atoms. The van der Waals surface area contributed by atoms with Crippen molar-refractivity contribution in [3.05, 3.63) is 0 Å². The number of rotatable bonds is 8. The summed E-state index contributed by atoms with van der Waals surface area (Å²) in [6.45, 7) is 6.86. The van der Waals surface area contributed by atoms with Crippen molar-refractivity contribution in [2.45, 2.75) is 38.8 Å². The predicted molar refractivity (Wildman–Crippen MR) is 63.3 cm³/mol. The summed E-state index contributed by atoms with van der Waals surface area (Å²) < 4.78 is 4.84. The Morgan fingerprint density at radius 3 is 2.62 bits per heavy atom. The van der Waals surface area contributed by atoms with Gasteiger partial charge in [-0.1, -0.05) is 0 Å². The quantitative estimate of drug-likeness (QED) is 0.511. The largest absolute Gasteiger partial charge is 0.396 e. The van der Waals surface area contributed by atoms with Crippen LogP contribution in [0.15, 0.2) is 0 Å². The SMILES string of the molecule is COCCNC(=O)C(C)NC(C)(C)CCO. The lowest BCUT2D eigenvalue weighted by molar-refractivity contribution is -0.123. The van der Waals surface area contributed by atoms with Crippen LogP contribution in [-0.4, -0.2) is 49.5 Å². The van der Waals surface area contributed by atoms with Gasteiger partial charge in [-0.15, -0.1) is 0 Å². The Morgan fingerprint density at radius 1 is 1.50 bits per heavy atom. The molecule has 5 nitrogen and oxygen atoms in total. The minimum atomic E-state index is -0.279. The molecule has 1 atom stereocenters. The molecule has 1 amide bonds. The fraction of sp³-hybridized carbons (Fsp3) is 0.909. The lowest BCUT2D eigenvalue weighted by atomic mass is 10.00. The maximum absolute atomic E-state index is 11.6. The van der Waals surface area contributed by atoms with E-state index >= 15 is 0 Å². The van der Waals surface area contributed by atoms with Crippen molar-refractivity contribution in [3.8, 4) is 0 Å². The third-order valence-corrected chi connectivity index (χ3v) is 2.34. The number of aliphatic hydroxyl groups excluding tert-OH is 1. The van der Waals surface area contributed by atoms with Gasteiger partial charge in [-0.2, -0.15) is 0 Å². The molecule has 16 heavy (non-hydrogen) atoms. The van der Waals surface area contributed by atoms with E-state index in [0.29, 0.717) is 19.6 Å². The molecule has 0 saturated heterocycles. The summed E-state index contributed by atoms with van der Waals surface area (Å²) in [6, 6.07) is -0.279. The highest BCUT2D eigenvalue weighted by Crippen LogP contribution is 2.08. The highest BCUT2D eigenvalue weighted by Gasteiger charge is 2.22. The van der Waals surface area contributed by atoms with E-state index in [1.807, 2.05) is 13.8 Å². The Morgan fingerprint density at radius 2 is 2.12 bits per heavy atom. The molecule has 5 heteroatoms. The minimum Gasteiger partial charge on any atom is -0.396 e. The zero-order valence-electron chi connectivity index (χ0n) is 10.7. The van der Waals surface area contributed by atoms with Gasteiger partial charge in [-0.05, 0) is 27.2 Å². The molecule has 0 aliphatic heterocycles. The molecule has 0 aliphatic rings. The molecule has 0 bridgehead atoms. The van der Waals surface area contributed by atoms with Crippen LogP contribution in [-0.2, 0) is 9.53 Å². The Labute approximate surface area is 97.6 Å². The summed E-state index contributed by atoms with van der Waals surface area (Å²) in [7, 11) is 1.60. The Bertz CT molecular complexity index is 207. The Balaban J connectivity index is 3.94. The zero-order valence-corrected chi connectivity index (χ0v) is 10.7. The molecule has 0 aromatic heterocycles. The van der Waals surface area contributed by atoms with Crippen LogP contribution in [0, 0.1) is 0 Å². The lowest BCUT2D eigenvalue weighted by Crippen LogP contribution is -2.52. The number of hydrogen-bond acceptors (Lipinski definition) is 4. The van der Waals surface area contributed by atoms with E-state index in [-0.39, 0.29) is 24.1 Å². The van der Waals surface area contributed by atoms with Gasteiger partial charge >= 0.3 is 0 Å². The van der Waals surface area contributed by atoms with E-state index in [9.17, 15) is 4.79 Å². The van der Waals surface area contributed by atoms with Crippen LogP contribution in [0.2, 0.25) is 0 Å². The highest BCUT2D eigenvalue weighted by atomic mass is 16.5. The fourth-order valence-electron chi connectivity index (χ4n) is 1.43. The fourth-order valence-corrected chi connectivity index (χ4v) is 1.43. The second-order valence-electron chi connectivity index (χ2n) is 4.51. The van der Waals surface area contributed by atoms with Crippen molar-refractivity contribution in [1.29, 1.82) is 0 Å². The molecule has 0 aromatic rings. The summed E-state index contributed by atoms with van der Waals surface area (Å²) in [5, 5.41) is 14.8. The number of carbonyl (C=O) groups excluding carboxylic acids is 1. The molecule has 96 valence electrons. The monoisotopic (exact) mass is 232 g/mol. The average molecular weight is 232 g/mol. The number of ether oxygens (including phenoxy) is 1. The van der Waals surface area contributed by atoms with Crippen LogP contribution in [0.3, 0.4) is 0 Å². The number of nitrogens with one attached hydrogen (secondary N) is 2. The molecular formula is C11H24N2O3. The first kappa shape index (κ1) is 15.3. The van der Waals surface area contributed by atoms with Gasteiger partial charge in [0.15, 0.2) is 0 Å². The third-order valence-electron chi connectivity index (χ3n) is 2.34. The molecular weight excluding hydrogens is 208 g/mol. The van der Waals surface area contributed by atoms with E-state index in [4.69, 9.17) is 9.84 Å². The van der Waals surface area contributed by atoms with Crippen LogP contribution < -0.4 is 10.6 Å². The standard InChI is InChI=1S/C11H24N2O3/c1-9(10(15)12-6-8-16-4)13-11(2,3)5-7-14/h9,13-14H,5-8H2,1-4H3,(H,12,15). The van der Waals surface area contributed by atoms with Gasteiger partial charge in [0.05, 0.1) is 12.6 Å². The van der Waals surface area contributed by atoms with Gasteiger partial charge in [-0.25, -0.2) is 0 Å². The summed E-state index contributed by atoms with van der Waals surface area (Å²) in [6.07, 6.45) is 0.614. The van der Waals surface area contributed by atoms with Crippen LogP contribution >= 0.6 is 0 Å². The molecule has 0 saturated carbocycles. The number of hydrogen-bond donors (Lipinski definition) is 3. The second kappa shape index (κ2) is 7.60. The van der Waals surface area contributed by atoms with Crippen molar-refractivity contribution in [2.24, 2.45) is 0 Å². The van der Waals surface area contributed by atoms with Crippen LogP contribution in [0.5, 0.6) is 0 Å². The summed E-state index contributed by atoms with van der Waals surface area (Å²) in [4.78, 5) is 11.6. The van der Waals surface area contributed by atoms with Gasteiger partial charge in [0.2, 0.25) is 5.91 Å². The van der Waals surface area contributed by atoms with E-state index in [1.165, 1.54) is 0 Å². The lowest BCUT2D eigenvalue weighted by Gasteiger charge is -2.29. The minimum absolute atomic E-state index is 0.0527. The van der Waals surface area contributed by atoms with Crippen LogP contribution in [0.25, 0.3) is 0 Å². The van der Waals surface area contributed by atoms with Crippen molar-refractivity contribution in [3.63, 3.8) is 0 Å². The molecule has 0 aliphatic carbocycles. The van der Waals surface area contributed by atoms with Gasteiger partial charge in [-0.3, -0.25) is 4.79 Å². The normalized spacial score (nSPS) is 13.6. The van der Waals surface area contributed by atoms with E-state index in [0.717, 1.165) is 0 Å².